The molecular weight excluding hydrogens is 258 g/mol. The summed E-state index contributed by atoms with van der Waals surface area (Å²) in [5, 5.41) is 3.38. The first kappa shape index (κ1) is 15.5. The second-order valence-corrected chi connectivity index (χ2v) is 3.94. The van der Waals surface area contributed by atoms with Gasteiger partial charge in [0.2, 0.25) is 0 Å². The van der Waals surface area contributed by atoms with Gasteiger partial charge in [-0.1, -0.05) is 41.5 Å². The number of nitrogens with zero attached hydrogens (tertiary/aromatic N) is 3. The number of carbonyl (C=O) groups excluding carboxylic acids is 2. The Balaban J connectivity index is 2.57. The van der Waals surface area contributed by atoms with E-state index in [1.165, 1.54) is 7.11 Å². The molecule has 0 heterocycles. The molecule has 0 N–H and O–H groups in total. The van der Waals surface area contributed by atoms with E-state index in [9.17, 15) is 9.59 Å². The van der Waals surface area contributed by atoms with Crippen LogP contribution in [0, 0.1) is 0 Å². The third-order valence-corrected chi connectivity index (χ3v) is 2.58. The summed E-state index contributed by atoms with van der Waals surface area (Å²) in [6, 6.07) is 6.98. The molecule has 1 rings (SSSR count). The van der Waals surface area contributed by atoms with Crippen molar-refractivity contribution in [2.75, 3.05) is 13.7 Å². The lowest BCUT2D eigenvalue weighted by molar-refractivity contribution is -0.140. The van der Waals surface area contributed by atoms with Crippen LogP contribution in [-0.2, 0) is 9.53 Å². The maximum atomic E-state index is 11.8. The van der Waals surface area contributed by atoms with Gasteiger partial charge in [-0.2, -0.15) is 0 Å². The maximum absolute atomic E-state index is 11.8. The van der Waals surface area contributed by atoms with E-state index in [0.717, 1.165) is 5.56 Å². The van der Waals surface area contributed by atoms with Crippen molar-refractivity contribution in [3.8, 4) is 0 Å². The standard InChI is InChI=1S/C14H15N3O3/c1-20-14(19)9-8-13(18)12-6-4-11(5-7-12)3-2-10-16-17-15/h2-7H,8-10H2,1H3. The summed E-state index contributed by atoms with van der Waals surface area (Å²) < 4.78 is 4.49. The van der Waals surface area contributed by atoms with Crippen molar-refractivity contribution >= 4 is 17.8 Å². The molecule has 0 spiro atoms. The summed E-state index contributed by atoms with van der Waals surface area (Å²) >= 11 is 0. The highest BCUT2D eigenvalue weighted by molar-refractivity contribution is 5.97. The lowest BCUT2D eigenvalue weighted by atomic mass is 10.0. The van der Waals surface area contributed by atoms with Crippen LogP contribution in [-0.4, -0.2) is 25.4 Å². The van der Waals surface area contributed by atoms with Crippen LogP contribution in [0.3, 0.4) is 0 Å². The van der Waals surface area contributed by atoms with Gasteiger partial charge in [0.1, 0.15) is 0 Å². The van der Waals surface area contributed by atoms with Crippen LogP contribution < -0.4 is 0 Å². The van der Waals surface area contributed by atoms with Gasteiger partial charge < -0.3 is 4.74 Å². The third kappa shape index (κ3) is 5.37. The average Bonchev–Trinajstić information content (AvgIpc) is 2.49. The second kappa shape index (κ2) is 8.50. The molecule has 1 aromatic carbocycles. The van der Waals surface area contributed by atoms with Crippen LogP contribution in [0.2, 0.25) is 0 Å². The van der Waals surface area contributed by atoms with Gasteiger partial charge in [-0.25, -0.2) is 0 Å². The minimum Gasteiger partial charge on any atom is -0.469 e. The van der Waals surface area contributed by atoms with Gasteiger partial charge in [0, 0.05) is 23.4 Å². The van der Waals surface area contributed by atoms with Crippen molar-refractivity contribution in [1.82, 2.24) is 0 Å². The minimum atomic E-state index is -0.393. The van der Waals surface area contributed by atoms with Crippen molar-refractivity contribution in [3.63, 3.8) is 0 Å². The first-order chi connectivity index (χ1) is 9.67. The molecule has 1 aromatic rings. The summed E-state index contributed by atoms with van der Waals surface area (Å²) in [5.41, 5.74) is 9.58. The Morgan fingerprint density at radius 1 is 1.30 bits per heavy atom. The first-order valence-corrected chi connectivity index (χ1v) is 6.05. The van der Waals surface area contributed by atoms with E-state index >= 15 is 0 Å². The number of ether oxygens (including phenoxy) is 1. The normalized spacial score (nSPS) is 10.1. The Labute approximate surface area is 116 Å². The Bertz CT molecular complexity index is 543. The van der Waals surface area contributed by atoms with Crippen LogP contribution in [0.25, 0.3) is 16.5 Å². The first-order valence-electron chi connectivity index (χ1n) is 6.05. The van der Waals surface area contributed by atoms with Crippen LogP contribution in [0.5, 0.6) is 0 Å². The Kier molecular flexibility index (Phi) is 6.57. The molecule has 20 heavy (non-hydrogen) atoms. The summed E-state index contributed by atoms with van der Waals surface area (Å²) in [6.45, 7) is 0.288. The molecule has 0 unspecified atom stereocenters. The zero-order chi connectivity index (χ0) is 14.8. The van der Waals surface area contributed by atoms with Gasteiger partial charge in [0.15, 0.2) is 5.78 Å². The number of ketones is 1. The predicted octanol–water partition coefficient (Wildman–Crippen LogP) is 3.15. The highest BCUT2D eigenvalue weighted by atomic mass is 16.5. The second-order valence-electron chi connectivity index (χ2n) is 3.94. The number of rotatable bonds is 7. The van der Waals surface area contributed by atoms with Gasteiger partial charge in [0.25, 0.3) is 0 Å². The van der Waals surface area contributed by atoms with Gasteiger partial charge in [0.05, 0.1) is 13.5 Å². The van der Waals surface area contributed by atoms with E-state index in [2.05, 4.69) is 14.8 Å². The zero-order valence-corrected chi connectivity index (χ0v) is 11.2. The molecule has 0 bridgehead atoms. The molecule has 6 nitrogen and oxygen atoms in total. The average molecular weight is 273 g/mol. The fraction of sp³-hybridized carbons (Fsp3) is 0.286. The van der Waals surface area contributed by atoms with E-state index in [1.807, 2.05) is 0 Å². The molecule has 0 saturated carbocycles. The van der Waals surface area contributed by atoms with E-state index < -0.39 is 5.97 Å². The lowest BCUT2D eigenvalue weighted by Gasteiger charge is -2.01. The van der Waals surface area contributed by atoms with E-state index in [4.69, 9.17) is 5.53 Å². The van der Waals surface area contributed by atoms with Crippen molar-refractivity contribution in [3.05, 3.63) is 51.9 Å². The topological polar surface area (TPSA) is 92.1 Å². The summed E-state index contributed by atoms with van der Waals surface area (Å²) in [7, 11) is 1.30. The number of esters is 1. The molecule has 0 aliphatic rings. The Morgan fingerprint density at radius 2 is 2.00 bits per heavy atom. The van der Waals surface area contributed by atoms with Crippen LogP contribution >= 0.6 is 0 Å². The molecule has 0 aliphatic carbocycles. The lowest BCUT2D eigenvalue weighted by Crippen LogP contribution is -2.05. The molecule has 0 aliphatic heterocycles. The Hall–Kier alpha value is -2.59. The summed E-state index contributed by atoms with van der Waals surface area (Å²) in [5.74, 6) is -0.490. The molecule has 0 aromatic heterocycles. The maximum Gasteiger partial charge on any atom is 0.305 e. The molecular formula is C14H15N3O3. The van der Waals surface area contributed by atoms with E-state index in [1.54, 1.807) is 36.4 Å². The van der Waals surface area contributed by atoms with Crippen LogP contribution in [0.15, 0.2) is 35.5 Å². The SMILES string of the molecule is COC(=O)CCC(=O)c1ccc(C=CCN=[N+]=[N-])cc1. The molecule has 0 radical (unpaired) electrons. The van der Waals surface area contributed by atoms with Crippen molar-refractivity contribution in [2.24, 2.45) is 5.11 Å². The molecule has 0 atom stereocenters. The highest BCUT2D eigenvalue weighted by Gasteiger charge is 2.08. The van der Waals surface area contributed by atoms with Crippen molar-refractivity contribution in [2.45, 2.75) is 12.8 Å². The fourth-order valence-electron chi connectivity index (χ4n) is 1.51. The van der Waals surface area contributed by atoms with E-state index in [0.29, 0.717) is 5.56 Å². The third-order valence-electron chi connectivity index (χ3n) is 2.58. The minimum absolute atomic E-state index is 0.0865. The van der Waals surface area contributed by atoms with Crippen LogP contribution in [0.1, 0.15) is 28.8 Å². The number of hydrogen-bond donors (Lipinski definition) is 0. The summed E-state index contributed by atoms with van der Waals surface area (Å²) in [6.07, 6.45) is 3.76. The number of Topliss-reactive ketones (excluding diaryl/α,β-unsaturated/α-hetero) is 1. The molecule has 6 heteroatoms. The van der Waals surface area contributed by atoms with Gasteiger partial charge in [-0.05, 0) is 11.1 Å². The molecule has 0 amide bonds. The number of methoxy groups -OCH3 is 1. The van der Waals surface area contributed by atoms with E-state index in [-0.39, 0.29) is 25.2 Å². The number of carbonyl (C=O) groups is 2. The monoisotopic (exact) mass is 273 g/mol. The number of azide groups is 1. The smallest absolute Gasteiger partial charge is 0.305 e. The zero-order valence-electron chi connectivity index (χ0n) is 11.2. The highest BCUT2D eigenvalue weighted by Crippen LogP contribution is 2.10. The van der Waals surface area contributed by atoms with Gasteiger partial charge in [-0.15, -0.1) is 0 Å². The van der Waals surface area contributed by atoms with Gasteiger partial charge in [-0.3, -0.25) is 9.59 Å². The summed E-state index contributed by atoms with van der Waals surface area (Å²) in [4.78, 5) is 25.4. The Morgan fingerprint density at radius 3 is 2.60 bits per heavy atom. The quantitative estimate of drug-likeness (QED) is 0.251. The fourth-order valence-corrected chi connectivity index (χ4v) is 1.51. The molecule has 104 valence electrons. The van der Waals surface area contributed by atoms with Crippen LogP contribution in [0.4, 0.5) is 0 Å². The molecule has 0 fully saturated rings. The predicted molar refractivity (Wildman–Crippen MR) is 75.1 cm³/mol. The number of benzene rings is 1. The number of hydrogen-bond acceptors (Lipinski definition) is 4. The molecule has 0 saturated heterocycles. The van der Waals surface area contributed by atoms with Crippen molar-refractivity contribution in [1.29, 1.82) is 0 Å². The van der Waals surface area contributed by atoms with Crippen molar-refractivity contribution < 1.29 is 14.3 Å². The van der Waals surface area contributed by atoms with Gasteiger partial charge >= 0.3 is 5.97 Å². The largest absolute Gasteiger partial charge is 0.469 e.